The van der Waals surface area contributed by atoms with E-state index in [9.17, 15) is 17.6 Å². The lowest BCUT2D eigenvalue weighted by atomic mass is 9.64. The Hall–Kier alpha value is -1.10. The standard InChI is InChI=1S/C12H13F4N/c13-10-3-2-8(6-9(10)12(14,15)16)11(7-17)4-1-5-11/h2-3,6H,1,4-5,7,17H2. The third-order valence-electron chi connectivity index (χ3n) is 3.59. The van der Waals surface area contributed by atoms with Crippen LogP contribution in [0.25, 0.3) is 0 Å². The molecule has 1 aromatic rings. The van der Waals surface area contributed by atoms with Crippen LogP contribution in [0, 0.1) is 5.82 Å². The molecule has 1 aliphatic rings. The molecule has 1 nitrogen and oxygen atoms in total. The molecule has 1 aromatic carbocycles. The van der Waals surface area contributed by atoms with Crippen molar-refractivity contribution in [3.8, 4) is 0 Å². The molecule has 17 heavy (non-hydrogen) atoms. The first-order valence-corrected chi connectivity index (χ1v) is 5.46. The van der Waals surface area contributed by atoms with Crippen LogP contribution >= 0.6 is 0 Å². The highest BCUT2D eigenvalue weighted by Gasteiger charge is 2.40. The molecule has 5 heteroatoms. The maximum atomic E-state index is 13.1. The predicted octanol–water partition coefficient (Wildman–Crippen LogP) is 3.22. The van der Waals surface area contributed by atoms with Gasteiger partial charge in [-0.1, -0.05) is 12.5 Å². The minimum absolute atomic E-state index is 0.302. The molecule has 0 heterocycles. The first kappa shape index (κ1) is 12.4. The Balaban J connectivity index is 2.44. The third kappa shape index (κ3) is 2.04. The van der Waals surface area contributed by atoms with Gasteiger partial charge < -0.3 is 5.73 Å². The second-order valence-corrected chi connectivity index (χ2v) is 4.53. The minimum atomic E-state index is -4.65. The van der Waals surface area contributed by atoms with Gasteiger partial charge in [0.15, 0.2) is 0 Å². The van der Waals surface area contributed by atoms with Crippen LogP contribution in [0.2, 0.25) is 0 Å². The largest absolute Gasteiger partial charge is 0.419 e. The van der Waals surface area contributed by atoms with Gasteiger partial charge >= 0.3 is 6.18 Å². The SMILES string of the molecule is NCC1(c2ccc(F)c(C(F)(F)F)c2)CCC1. The zero-order valence-electron chi connectivity index (χ0n) is 9.15. The summed E-state index contributed by atoms with van der Waals surface area (Å²) >= 11 is 0. The molecular formula is C12H13F4N. The summed E-state index contributed by atoms with van der Waals surface area (Å²) in [5, 5.41) is 0. The van der Waals surface area contributed by atoms with Crippen molar-refractivity contribution in [1.29, 1.82) is 0 Å². The van der Waals surface area contributed by atoms with Crippen molar-refractivity contribution < 1.29 is 17.6 Å². The van der Waals surface area contributed by atoms with Crippen LogP contribution < -0.4 is 5.73 Å². The molecule has 0 spiro atoms. The maximum Gasteiger partial charge on any atom is 0.419 e. The second-order valence-electron chi connectivity index (χ2n) is 4.53. The topological polar surface area (TPSA) is 26.0 Å². The Morgan fingerprint density at radius 3 is 2.29 bits per heavy atom. The lowest BCUT2D eigenvalue weighted by Gasteiger charge is -2.41. The summed E-state index contributed by atoms with van der Waals surface area (Å²) < 4.78 is 50.8. The number of alkyl halides is 3. The number of rotatable bonds is 2. The van der Waals surface area contributed by atoms with E-state index in [2.05, 4.69) is 0 Å². The summed E-state index contributed by atoms with van der Waals surface area (Å²) in [5.74, 6) is -1.23. The van der Waals surface area contributed by atoms with Gasteiger partial charge in [0.2, 0.25) is 0 Å². The zero-order chi connectivity index (χ0) is 12.7. The van der Waals surface area contributed by atoms with Gasteiger partial charge in [-0.15, -0.1) is 0 Å². The van der Waals surface area contributed by atoms with Gasteiger partial charge in [0, 0.05) is 12.0 Å². The Kier molecular flexibility index (Phi) is 2.89. The van der Waals surface area contributed by atoms with Crippen LogP contribution in [0.5, 0.6) is 0 Å². The predicted molar refractivity (Wildman–Crippen MR) is 56.0 cm³/mol. The smallest absolute Gasteiger partial charge is 0.330 e. The quantitative estimate of drug-likeness (QED) is 0.798. The Morgan fingerprint density at radius 1 is 1.24 bits per heavy atom. The average molecular weight is 247 g/mol. The van der Waals surface area contributed by atoms with E-state index >= 15 is 0 Å². The van der Waals surface area contributed by atoms with Crippen LogP contribution in [0.1, 0.15) is 30.4 Å². The third-order valence-corrected chi connectivity index (χ3v) is 3.59. The van der Waals surface area contributed by atoms with Crippen LogP contribution in [0.3, 0.4) is 0 Å². The van der Waals surface area contributed by atoms with E-state index < -0.39 is 17.6 Å². The molecule has 0 atom stereocenters. The van der Waals surface area contributed by atoms with Crippen molar-refractivity contribution in [3.05, 3.63) is 35.1 Å². The Morgan fingerprint density at radius 2 is 1.88 bits per heavy atom. The van der Waals surface area contributed by atoms with Crippen molar-refractivity contribution in [3.63, 3.8) is 0 Å². The number of nitrogens with two attached hydrogens (primary N) is 1. The molecule has 0 aliphatic heterocycles. The van der Waals surface area contributed by atoms with E-state index in [4.69, 9.17) is 5.73 Å². The molecular weight excluding hydrogens is 234 g/mol. The summed E-state index contributed by atoms with van der Waals surface area (Å²) in [6.07, 6.45) is -2.16. The molecule has 0 amide bonds. The van der Waals surface area contributed by atoms with Crippen LogP contribution in [-0.4, -0.2) is 6.54 Å². The van der Waals surface area contributed by atoms with Gasteiger partial charge in [0.05, 0.1) is 5.56 Å². The number of hydrogen-bond donors (Lipinski definition) is 1. The van der Waals surface area contributed by atoms with Gasteiger partial charge in [-0.2, -0.15) is 13.2 Å². The fourth-order valence-electron chi connectivity index (χ4n) is 2.29. The molecule has 0 aromatic heterocycles. The van der Waals surface area contributed by atoms with Crippen molar-refractivity contribution in [1.82, 2.24) is 0 Å². The highest BCUT2D eigenvalue weighted by Crippen LogP contribution is 2.44. The van der Waals surface area contributed by atoms with Crippen LogP contribution in [-0.2, 0) is 11.6 Å². The molecule has 0 saturated heterocycles. The van der Waals surface area contributed by atoms with Crippen molar-refractivity contribution in [2.24, 2.45) is 5.73 Å². The normalized spacial score (nSPS) is 18.9. The Bertz CT molecular complexity index is 415. The lowest BCUT2D eigenvalue weighted by molar-refractivity contribution is -0.140. The lowest BCUT2D eigenvalue weighted by Crippen LogP contribution is -2.41. The van der Waals surface area contributed by atoms with E-state index in [0.29, 0.717) is 12.1 Å². The molecule has 0 radical (unpaired) electrons. The fourth-order valence-corrected chi connectivity index (χ4v) is 2.29. The van der Waals surface area contributed by atoms with E-state index in [-0.39, 0.29) is 5.41 Å². The molecule has 1 aliphatic carbocycles. The van der Waals surface area contributed by atoms with Gasteiger partial charge in [-0.25, -0.2) is 4.39 Å². The minimum Gasteiger partial charge on any atom is -0.330 e. The first-order chi connectivity index (χ1) is 7.89. The van der Waals surface area contributed by atoms with Gasteiger partial charge in [-0.05, 0) is 30.5 Å². The molecule has 1 fully saturated rings. The monoisotopic (exact) mass is 247 g/mol. The summed E-state index contributed by atoms with van der Waals surface area (Å²) in [5.41, 5.74) is 4.54. The molecule has 0 unspecified atom stereocenters. The van der Waals surface area contributed by atoms with E-state index in [1.807, 2.05) is 0 Å². The van der Waals surface area contributed by atoms with Gasteiger partial charge in [-0.3, -0.25) is 0 Å². The van der Waals surface area contributed by atoms with E-state index in [0.717, 1.165) is 31.4 Å². The van der Waals surface area contributed by atoms with Crippen molar-refractivity contribution in [2.75, 3.05) is 6.54 Å². The van der Waals surface area contributed by atoms with Gasteiger partial charge in [0.25, 0.3) is 0 Å². The Labute approximate surface area is 96.6 Å². The number of hydrogen-bond acceptors (Lipinski definition) is 1. The van der Waals surface area contributed by atoms with Gasteiger partial charge in [0.1, 0.15) is 5.82 Å². The highest BCUT2D eigenvalue weighted by atomic mass is 19.4. The number of benzene rings is 1. The van der Waals surface area contributed by atoms with E-state index in [1.54, 1.807) is 0 Å². The first-order valence-electron chi connectivity index (χ1n) is 5.46. The fraction of sp³-hybridized carbons (Fsp3) is 0.500. The summed E-state index contributed by atoms with van der Waals surface area (Å²) in [7, 11) is 0. The molecule has 1 saturated carbocycles. The molecule has 2 N–H and O–H groups in total. The molecule has 0 bridgehead atoms. The van der Waals surface area contributed by atoms with Crippen molar-refractivity contribution >= 4 is 0 Å². The van der Waals surface area contributed by atoms with Crippen LogP contribution in [0.4, 0.5) is 17.6 Å². The van der Waals surface area contributed by atoms with E-state index in [1.165, 1.54) is 6.07 Å². The molecule has 2 rings (SSSR count). The zero-order valence-corrected chi connectivity index (χ0v) is 9.15. The summed E-state index contributed by atoms with van der Waals surface area (Å²) in [6, 6.07) is 3.20. The summed E-state index contributed by atoms with van der Waals surface area (Å²) in [4.78, 5) is 0. The summed E-state index contributed by atoms with van der Waals surface area (Å²) in [6.45, 7) is 0.302. The second kappa shape index (κ2) is 3.98. The number of halogens is 4. The van der Waals surface area contributed by atoms with Crippen LogP contribution in [0.15, 0.2) is 18.2 Å². The average Bonchev–Trinajstić information content (AvgIpc) is 2.17. The van der Waals surface area contributed by atoms with Crippen molar-refractivity contribution in [2.45, 2.75) is 30.9 Å². The molecule has 94 valence electrons. The highest BCUT2D eigenvalue weighted by molar-refractivity contribution is 5.34. The maximum absolute atomic E-state index is 13.1.